The zero-order valence-electron chi connectivity index (χ0n) is 19.8. The first-order valence-corrected chi connectivity index (χ1v) is 12.5. The number of amides is 3. The van der Waals surface area contributed by atoms with Crippen molar-refractivity contribution in [2.45, 2.75) is 87.9 Å². The van der Waals surface area contributed by atoms with E-state index in [4.69, 9.17) is 0 Å². The number of benzene rings is 1. The lowest BCUT2D eigenvalue weighted by molar-refractivity contribution is -0.134. The van der Waals surface area contributed by atoms with E-state index in [9.17, 15) is 9.59 Å². The van der Waals surface area contributed by atoms with Gasteiger partial charge in [0.2, 0.25) is 5.91 Å². The number of carbonyl (C=O) groups is 2. The van der Waals surface area contributed by atoms with Crippen LogP contribution in [-0.4, -0.2) is 71.9 Å². The molecule has 0 saturated carbocycles. The van der Waals surface area contributed by atoms with E-state index in [1.54, 1.807) is 25.9 Å². The SMILES string of the molecule is CC(=O)N1C2CCC1CC(N1CCC3(CC[C@@H](NC(=O)N(C)C)c4ccccc43)CC1)C2. The molecule has 1 aromatic rings. The van der Waals surface area contributed by atoms with Crippen LogP contribution in [0.4, 0.5) is 4.79 Å². The van der Waals surface area contributed by atoms with E-state index < -0.39 is 0 Å². The number of hydrogen-bond acceptors (Lipinski definition) is 3. The van der Waals surface area contributed by atoms with Gasteiger partial charge in [-0.25, -0.2) is 4.79 Å². The number of fused-ring (bicyclic) bond motifs is 4. The first-order valence-electron chi connectivity index (χ1n) is 12.5. The van der Waals surface area contributed by atoms with Gasteiger partial charge in [-0.1, -0.05) is 24.3 Å². The molecule has 2 unspecified atom stereocenters. The normalized spacial score (nSPS) is 31.3. The third kappa shape index (κ3) is 3.70. The predicted octanol–water partition coefficient (Wildman–Crippen LogP) is 3.67. The summed E-state index contributed by atoms with van der Waals surface area (Å²) in [5, 5.41) is 3.23. The van der Waals surface area contributed by atoms with Crippen LogP contribution in [0.2, 0.25) is 0 Å². The maximum Gasteiger partial charge on any atom is 0.317 e. The van der Waals surface area contributed by atoms with Gasteiger partial charge in [0.15, 0.2) is 0 Å². The van der Waals surface area contributed by atoms with Gasteiger partial charge < -0.3 is 20.0 Å². The number of hydrogen-bond donors (Lipinski definition) is 1. The summed E-state index contributed by atoms with van der Waals surface area (Å²) in [7, 11) is 3.60. The lowest BCUT2D eigenvalue weighted by Crippen LogP contribution is -2.55. The Morgan fingerprint density at radius 3 is 2.25 bits per heavy atom. The van der Waals surface area contributed by atoms with Gasteiger partial charge in [0.1, 0.15) is 0 Å². The highest BCUT2D eigenvalue weighted by atomic mass is 16.2. The molecular formula is C26H38N4O2. The van der Waals surface area contributed by atoms with E-state index in [-0.39, 0.29) is 23.4 Å². The van der Waals surface area contributed by atoms with Gasteiger partial charge >= 0.3 is 6.03 Å². The monoisotopic (exact) mass is 438 g/mol. The van der Waals surface area contributed by atoms with Crippen LogP contribution in [0.3, 0.4) is 0 Å². The molecule has 1 aromatic carbocycles. The van der Waals surface area contributed by atoms with Gasteiger partial charge in [-0.2, -0.15) is 0 Å². The Hall–Kier alpha value is -2.08. The Balaban J connectivity index is 1.28. The molecule has 3 atom stereocenters. The van der Waals surface area contributed by atoms with E-state index in [0.717, 1.165) is 38.8 Å². The molecule has 6 nitrogen and oxygen atoms in total. The molecule has 4 aliphatic rings. The number of nitrogens with zero attached hydrogens (tertiary/aromatic N) is 3. The molecule has 5 rings (SSSR count). The Morgan fingerprint density at radius 1 is 0.969 bits per heavy atom. The molecule has 2 bridgehead atoms. The topological polar surface area (TPSA) is 55.9 Å². The first kappa shape index (κ1) is 21.7. The maximum atomic E-state index is 12.3. The van der Waals surface area contributed by atoms with Gasteiger partial charge in [0, 0.05) is 39.1 Å². The van der Waals surface area contributed by atoms with Crippen molar-refractivity contribution in [3.05, 3.63) is 35.4 Å². The Bertz CT molecular complexity index is 862. The molecule has 3 fully saturated rings. The van der Waals surface area contributed by atoms with Crippen LogP contribution in [0.5, 0.6) is 0 Å². The average molecular weight is 439 g/mol. The van der Waals surface area contributed by atoms with Crippen molar-refractivity contribution in [1.29, 1.82) is 0 Å². The van der Waals surface area contributed by atoms with Crippen LogP contribution >= 0.6 is 0 Å². The van der Waals surface area contributed by atoms with Crippen molar-refractivity contribution in [2.75, 3.05) is 27.2 Å². The molecule has 0 radical (unpaired) electrons. The van der Waals surface area contributed by atoms with Gasteiger partial charge in [0.05, 0.1) is 6.04 Å². The van der Waals surface area contributed by atoms with E-state index in [2.05, 4.69) is 39.4 Å². The van der Waals surface area contributed by atoms with Crippen LogP contribution in [0.1, 0.15) is 75.5 Å². The number of urea groups is 1. The molecular weight excluding hydrogens is 400 g/mol. The fourth-order valence-electron chi connectivity index (χ4n) is 7.22. The second kappa shape index (κ2) is 8.36. The predicted molar refractivity (Wildman–Crippen MR) is 125 cm³/mol. The molecule has 1 spiro atoms. The molecule has 3 amide bonds. The highest BCUT2D eigenvalue weighted by Gasteiger charge is 2.47. The summed E-state index contributed by atoms with van der Waals surface area (Å²) in [5.74, 6) is 0.267. The molecule has 3 aliphatic heterocycles. The van der Waals surface area contributed by atoms with E-state index in [1.165, 1.54) is 36.8 Å². The summed E-state index contributed by atoms with van der Waals surface area (Å²) in [6.45, 7) is 4.03. The molecule has 6 heteroatoms. The second-order valence-electron chi connectivity index (χ2n) is 10.8. The summed E-state index contributed by atoms with van der Waals surface area (Å²) >= 11 is 0. The second-order valence-corrected chi connectivity index (χ2v) is 10.8. The Labute approximate surface area is 192 Å². The van der Waals surface area contributed by atoms with Crippen LogP contribution in [-0.2, 0) is 10.2 Å². The fourth-order valence-corrected chi connectivity index (χ4v) is 7.22. The Morgan fingerprint density at radius 2 is 1.62 bits per heavy atom. The first-order chi connectivity index (χ1) is 15.4. The summed E-state index contributed by atoms with van der Waals surface area (Å²) in [5.41, 5.74) is 3.02. The molecule has 174 valence electrons. The van der Waals surface area contributed by atoms with Crippen molar-refractivity contribution in [2.24, 2.45) is 0 Å². The number of piperidine rings is 2. The smallest absolute Gasteiger partial charge is 0.317 e. The highest BCUT2D eigenvalue weighted by Crippen LogP contribution is 2.49. The zero-order chi connectivity index (χ0) is 22.5. The van der Waals surface area contributed by atoms with Crippen molar-refractivity contribution >= 4 is 11.9 Å². The van der Waals surface area contributed by atoms with Crippen LogP contribution in [0.15, 0.2) is 24.3 Å². The van der Waals surface area contributed by atoms with Crippen molar-refractivity contribution < 1.29 is 9.59 Å². The van der Waals surface area contributed by atoms with Gasteiger partial charge in [0.25, 0.3) is 0 Å². The third-order valence-corrected chi connectivity index (χ3v) is 8.87. The third-order valence-electron chi connectivity index (χ3n) is 8.87. The standard InChI is InChI=1S/C26H38N4O2/c1-18(31)30-19-8-9-20(30)17-21(16-19)29-14-12-26(13-15-29)11-10-24(27-25(32)28(2)3)22-6-4-5-7-23(22)26/h4-7,19-21,24H,8-17H2,1-3H3,(H,27,32)/t19?,20?,21?,24-/m1/s1. The number of nitrogens with one attached hydrogen (secondary N) is 1. The zero-order valence-corrected chi connectivity index (χ0v) is 19.8. The summed E-state index contributed by atoms with van der Waals surface area (Å²) in [6.07, 6.45) is 9.22. The van der Waals surface area contributed by atoms with Gasteiger partial charge in [-0.05, 0) is 81.0 Å². The van der Waals surface area contributed by atoms with E-state index in [0.29, 0.717) is 18.1 Å². The number of carbonyl (C=O) groups excluding carboxylic acids is 2. The Kier molecular flexibility index (Phi) is 5.68. The largest absolute Gasteiger partial charge is 0.337 e. The quantitative estimate of drug-likeness (QED) is 0.767. The lowest BCUT2D eigenvalue weighted by atomic mass is 9.63. The molecule has 3 saturated heterocycles. The molecule has 0 aromatic heterocycles. The summed E-state index contributed by atoms with van der Waals surface area (Å²) in [4.78, 5) is 30.9. The van der Waals surface area contributed by atoms with Gasteiger partial charge in [-0.3, -0.25) is 4.79 Å². The van der Waals surface area contributed by atoms with Crippen molar-refractivity contribution in [3.63, 3.8) is 0 Å². The minimum atomic E-state index is -0.0119. The van der Waals surface area contributed by atoms with Crippen LogP contribution < -0.4 is 5.32 Å². The van der Waals surface area contributed by atoms with E-state index in [1.807, 2.05) is 0 Å². The minimum absolute atomic E-state index is 0.0119. The van der Waals surface area contributed by atoms with Gasteiger partial charge in [-0.15, -0.1) is 0 Å². The van der Waals surface area contributed by atoms with Crippen molar-refractivity contribution in [1.82, 2.24) is 20.0 Å². The van der Waals surface area contributed by atoms with Crippen molar-refractivity contribution in [3.8, 4) is 0 Å². The maximum absolute atomic E-state index is 12.3. The lowest BCUT2D eigenvalue weighted by Gasteiger charge is -2.50. The van der Waals surface area contributed by atoms with Crippen LogP contribution in [0, 0.1) is 0 Å². The highest BCUT2D eigenvalue weighted by molar-refractivity contribution is 5.75. The fraction of sp³-hybridized carbons (Fsp3) is 0.692. The number of rotatable bonds is 2. The average Bonchev–Trinajstić information content (AvgIpc) is 3.06. The molecule has 32 heavy (non-hydrogen) atoms. The molecule has 1 aliphatic carbocycles. The summed E-state index contributed by atoms with van der Waals surface area (Å²) in [6, 6.07) is 10.5. The van der Waals surface area contributed by atoms with Crippen LogP contribution in [0.25, 0.3) is 0 Å². The van der Waals surface area contributed by atoms with E-state index >= 15 is 0 Å². The number of likely N-dealkylation sites (tertiary alicyclic amines) is 1. The summed E-state index contributed by atoms with van der Waals surface area (Å²) < 4.78 is 0. The molecule has 3 heterocycles. The minimum Gasteiger partial charge on any atom is -0.337 e. The molecule has 1 N–H and O–H groups in total.